The van der Waals surface area contributed by atoms with Crippen LogP contribution in [0.1, 0.15) is 16.8 Å². The van der Waals surface area contributed by atoms with Gasteiger partial charge >= 0.3 is 0 Å². The molecule has 6 nitrogen and oxygen atoms in total. The van der Waals surface area contributed by atoms with Gasteiger partial charge in [0.1, 0.15) is 11.7 Å². The lowest BCUT2D eigenvalue weighted by molar-refractivity contribution is -0.605. The highest BCUT2D eigenvalue weighted by molar-refractivity contribution is 5.93. The Morgan fingerprint density at radius 1 is 1.38 bits per heavy atom. The van der Waals surface area contributed by atoms with E-state index in [9.17, 15) is 10.0 Å². The van der Waals surface area contributed by atoms with E-state index >= 15 is 0 Å². The summed E-state index contributed by atoms with van der Waals surface area (Å²) in [5.74, 6) is 0.418. The third kappa shape index (κ3) is 3.10. The van der Waals surface area contributed by atoms with Crippen LogP contribution in [0.25, 0.3) is 0 Å². The SMILES string of the molecule is O=C(c1ccc[n+]([O-])c1)N1CC[C@@H](Oc2ccccn2)C1. The molecule has 108 valence electrons. The van der Waals surface area contributed by atoms with Crippen LogP contribution in [0.3, 0.4) is 0 Å². The van der Waals surface area contributed by atoms with E-state index in [-0.39, 0.29) is 12.0 Å². The molecule has 0 bridgehead atoms. The van der Waals surface area contributed by atoms with Gasteiger partial charge in [0.25, 0.3) is 5.91 Å². The van der Waals surface area contributed by atoms with Crippen molar-refractivity contribution in [1.82, 2.24) is 9.88 Å². The Morgan fingerprint density at radius 3 is 3.05 bits per heavy atom. The van der Waals surface area contributed by atoms with Crippen LogP contribution >= 0.6 is 0 Å². The zero-order chi connectivity index (χ0) is 14.7. The van der Waals surface area contributed by atoms with Crippen LogP contribution < -0.4 is 9.47 Å². The van der Waals surface area contributed by atoms with E-state index in [1.807, 2.05) is 12.1 Å². The molecule has 1 fully saturated rings. The van der Waals surface area contributed by atoms with E-state index in [1.54, 1.807) is 29.3 Å². The molecule has 21 heavy (non-hydrogen) atoms. The molecule has 3 rings (SSSR count). The van der Waals surface area contributed by atoms with Crippen molar-refractivity contribution in [3.05, 3.63) is 59.7 Å². The molecule has 6 heteroatoms. The number of likely N-dealkylation sites (tertiary alicyclic amines) is 1. The fourth-order valence-electron chi connectivity index (χ4n) is 2.36. The van der Waals surface area contributed by atoms with Gasteiger partial charge in [-0.25, -0.2) is 4.98 Å². The smallest absolute Gasteiger partial charge is 0.260 e. The highest BCUT2D eigenvalue weighted by Crippen LogP contribution is 2.17. The summed E-state index contributed by atoms with van der Waals surface area (Å²) in [7, 11) is 0. The minimum atomic E-state index is -0.146. The Morgan fingerprint density at radius 2 is 2.29 bits per heavy atom. The Balaban J connectivity index is 1.63. The fourth-order valence-corrected chi connectivity index (χ4v) is 2.36. The van der Waals surface area contributed by atoms with E-state index in [2.05, 4.69) is 4.98 Å². The molecule has 0 spiro atoms. The van der Waals surface area contributed by atoms with Gasteiger partial charge in [0, 0.05) is 31.3 Å². The summed E-state index contributed by atoms with van der Waals surface area (Å²) in [6.45, 7) is 1.12. The Bertz CT molecular complexity index is 633. The maximum absolute atomic E-state index is 12.3. The summed E-state index contributed by atoms with van der Waals surface area (Å²) in [6, 6.07) is 8.69. The van der Waals surface area contributed by atoms with Gasteiger partial charge in [-0.1, -0.05) is 6.07 Å². The van der Waals surface area contributed by atoms with Crippen LogP contribution in [0.2, 0.25) is 0 Å². The number of pyridine rings is 2. The minimum Gasteiger partial charge on any atom is -0.619 e. The molecule has 0 N–H and O–H groups in total. The molecule has 0 radical (unpaired) electrons. The van der Waals surface area contributed by atoms with Crippen molar-refractivity contribution in [2.45, 2.75) is 12.5 Å². The summed E-state index contributed by atoms with van der Waals surface area (Å²) in [4.78, 5) is 18.1. The molecule has 1 amide bonds. The summed E-state index contributed by atoms with van der Waals surface area (Å²) in [5.41, 5.74) is 0.394. The lowest BCUT2D eigenvalue weighted by Gasteiger charge is -2.16. The zero-order valence-electron chi connectivity index (χ0n) is 11.4. The molecule has 2 aromatic rings. The number of ether oxygens (including phenoxy) is 1. The Labute approximate surface area is 122 Å². The van der Waals surface area contributed by atoms with Crippen molar-refractivity contribution in [3.8, 4) is 5.88 Å². The standard InChI is InChI=1S/C15H15N3O3/c19-15(12-4-3-8-18(20)10-12)17-9-6-13(11-17)21-14-5-1-2-7-16-14/h1-5,7-8,10,13H,6,9,11H2/t13-/m1/s1. The second kappa shape index (κ2) is 5.78. The zero-order valence-corrected chi connectivity index (χ0v) is 11.4. The summed E-state index contributed by atoms with van der Waals surface area (Å²) >= 11 is 0. The van der Waals surface area contributed by atoms with Crippen molar-refractivity contribution in [2.24, 2.45) is 0 Å². The van der Waals surface area contributed by atoms with Crippen LogP contribution in [-0.4, -0.2) is 35.0 Å². The molecule has 0 aromatic carbocycles. The van der Waals surface area contributed by atoms with Gasteiger partial charge in [-0.3, -0.25) is 4.79 Å². The van der Waals surface area contributed by atoms with Gasteiger partial charge in [0.2, 0.25) is 5.88 Å². The third-order valence-electron chi connectivity index (χ3n) is 3.38. The van der Waals surface area contributed by atoms with E-state index in [0.29, 0.717) is 29.3 Å². The van der Waals surface area contributed by atoms with Crippen LogP contribution in [0.15, 0.2) is 48.9 Å². The first-order chi connectivity index (χ1) is 10.2. The molecule has 1 aliphatic heterocycles. The van der Waals surface area contributed by atoms with Gasteiger partial charge in [0.05, 0.1) is 6.54 Å². The van der Waals surface area contributed by atoms with Crippen LogP contribution in [0.4, 0.5) is 0 Å². The number of rotatable bonds is 3. The Kier molecular flexibility index (Phi) is 3.68. The lowest BCUT2D eigenvalue weighted by atomic mass is 10.2. The fraction of sp³-hybridized carbons (Fsp3) is 0.267. The van der Waals surface area contributed by atoms with Gasteiger partial charge in [-0.2, -0.15) is 4.73 Å². The second-order valence-electron chi connectivity index (χ2n) is 4.90. The number of carbonyl (C=O) groups excluding carboxylic acids is 1. The van der Waals surface area contributed by atoms with Crippen molar-refractivity contribution >= 4 is 5.91 Å². The summed E-state index contributed by atoms with van der Waals surface area (Å²) in [6.07, 6.45) is 5.01. The second-order valence-corrected chi connectivity index (χ2v) is 4.90. The molecule has 0 aliphatic carbocycles. The maximum atomic E-state index is 12.3. The summed E-state index contributed by atoms with van der Waals surface area (Å²) in [5, 5.41) is 11.2. The first kappa shape index (κ1) is 13.4. The van der Waals surface area contributed by atoms with Gasteiger partial charge in [-0.05, 0) is 12.1 Å². The average molecular weight is 285 g/mol. The van der Waals surface area contributed by atoms with Gasteiger partial charge in [-0.15, -0.1) is 0 Å². The predicted octanol–water partition coefficient (Wildman–Crippen LogP) is 1.01. The Hall–Kier alpha value is -2.63. The average Bonchev–Trinajstić information content (AvgIpc) is 2.96. The molecular formula is C15H15N3O3. The first-order valence-electron chi connectivity index (χ1n) is 6.78. The van der Waals surface area contributed by atoms with Crippen molar-refractivity contribution in [1.29, 1.82) is 0 Å². The highest BCUT2D eigenvalue weighted by atomic mass is 16.5. The molecule has 3 heterocycles. The normalized spacial score (nSPS) is 17.7. The summed E-state index contributed by atoms with van der Waals surface area (Å²) < 4.78 is 6.37. The van der Waals surface area contributed by atoms with E-state index < -0.39 is 0 Å². The lowest BCUT2D eigenvalue weighted by Crippen LogP contribution is -2.33. The first-order valence-corrected chi connectivity index (χ1v) is 6.78. The molecule has 0 unspecified atom stereocenters. The number of hydrogen-bond acceptors (Lipinski definition) is 4. The van der Waals surface area contributed by atoms with Crippen LogP contribution in [-0.2, 0) is 0 Å². The molecule has 1 saturated heterocycles. The number of amides is 1. The molecule has 0 saturated carbocycles. The highest BCUT2D eigenvalue weighted by Gasteiger charge is 2.29. The quantitative estimate of drug-likeness (QED) is 0.623. The van der Waals surface area contributed by atoms with Crippen molar-refractivity contribution in [2.75, 3.05) is 13.1 Å². The van der Waals surface area contributed by atoms with Crippen LogP contribution in [0, 0.1) is 5.21 Å². The molecule has 1 aliphatic rings. The monoisotopic (exact) mass is 285 g/mol. The van der Waals surface area contributed by atoms with Gasteiger partial charge in [0.15, 0.2) is 12.4 Å². The van der Waals surface area contributed by atoms with Gasteiger partial charge < -0.3 is 14.8 Å². The number of carbonyl (C=O) groups is 1. The largest absolute Gasteiger partial charge is 0.619 e. The number of aromatic nitrogens is 2. The number of nitrogens with zero attached hydrogens (tertiary/aromatic N) is 3. The predicted molar refractivity (Wildman–Crippen MR) is 74.6 cm³/mol. The molecule has 2 aromatic heterocycles. The molecule has 1 atom stereocenters. The maximum Gasteiger partial charge on any atom is 0.260 e. The van der Waals surface area contributed by atoms with E-state index in [0.717, 1.165) is 6.42 Å². The third-order valence-corrected chi connectivity index (χ3v) is 3.38. The van der Waals surface area contributed by atoms with E-state index in [1.165, 1.54) is 12.4 Å². The number of hydrogen-bond donors (Lipinski definition) is 0. The molecular weight excluding hydrogens is 270 g/mol. The minimum absolute atomic E-state index is 0.0630. The van der Waals surface area contributed by atoms with Crippen molar-refractivity contribution in [3.63, 3.8) is 0 Å². The van der Waals surface area contributed by atoms with Crippen LogP contribution in [0.5, 0.6) is 5.88 Å². The van der Waals surface area contributed by atoms with Crippen molar-refractivity contribution < 1.29 is 14.3 Å². The topological polar surface area (TPSA) is 69.4 Å². The van der Waals surface area contributed by atoms with E-state index in [4.69, 9.17) is 4.74 Å².